The van der Waals surface area contributed by atoms with E-state index in [0.717, 1.165) is 5.56 Å². The van der Waals surface area contributed by atoms with E-state index in [0.29, 0.717) is 9.88 Å². The number of Topliss-reactive ketones (excluding diaryl/α,β-unsaturated/α-hetero) is 2. The first-order chi connectivity index (χ1) is 18.0. The molecule has 1 aromatic heterocycles. The van der Waals surface area contributed by atoms with Crippen LogP contribution in [0.2, 0.25) is 0 Å². The maximum Gasteiger partial charge on any atom is 0.263 e. The van der Waals surface area contributed by atoms with Gasteiger partial charge in [0.25, 0.3) is 5.91 Å². The van der Waals surface area contributed by atoms with Crippen molar-refractivity contribution in [2.75, 3.05) is 31.9 Å². The molecule has 2 aromatic rings. The van der Waals surface area contributed by atoms with Gasteiger partial charge in [0.05, 0.1) is 36.4 Å². The van der Waals surface area contributed by atoms with Crippen molar-refractivity contribution in [2.24, 2.45) is 5.92 Å². The molecule has 1 heterocycles. The van der Waals surface area contributed by atoms with Crippen molar-refractivity contribution >= 4 is 57.3 Å². The maximum atomic E-state index is 13.3. The van der Waals surface area contributed by atoms with Crippen LogP contribution >= 0.6 is 33.9 Å². The van der Waals surface area contributed by atoms with Crippen molar-refractivity contribution in [3.8, 4) is 0 Å². The molecule has 0 radical (unpaired) electrons. The number of alkyl halides is 1. The van der Waals surface area contributed by atoms with E-state index in [2.05, 4.69) is 15.6 Å². The molecule has 12 heteroatoms. The van der Waals surface area contributed by atoms with Gasteiger partial charge in [0.1, 0.15) is 16.5 Å². The summed E-state index contributed by atoms with van der Waals surface area (Å²) in [6.07, 6.45) is 1.34. The van der Waals surface area contributed by atoms with Crippen molar-refractivity contribution in [1.29, 1.82) is 0 Å². The summed E-state index contributed by atoms with van der Waals surface area (Å²) in [4.78, 5) is 56.6. The summed E-state index contributed by atoms with van der Waals surface area (Å²) in [5, 5.41) is 16.7. The number of thiazole rings is 1. The lowest BCUT2D eigenvalue weighted by atomic mass is 9.91. The number of methoxy groups -OCH3 is 2. The number of halogens is 1. The lowest BCUT2D eigenvalue weighted by Crippen LogP contribution is -2.54. The molecule has 4 atom stereocenters. The third-order valence-corrected chi connectivity index (χ3v) is 8.16. The first-order valence-corrected chi connectivity index (χ1v) is 14.3. The van der Waals surface area contributed by atoms with Crippen LogP contribution in [0.4, 0.5) is 0 Å². The first kappa shape index (κ1) is 32.0. The van der Waals surface area contributed by atoms with Gasteiger partial charge >= 0.3 is 0 Å². The number of aromatic nitrogens is 1. The van der Waals surface area contributed by atoms with Gasteiger partial charge in [-0.2, -0.15) is 0 Å². The number of amides is 2. The highest BCUT2D eigenvalue weighted by atomic mass is 127. The second kappa shape index (κ2) is 15.4. The van der Waals surface area contributed by atoms with Gasteiger partial charge in [0.2, 0.25) is 5.91 Å². The molecule has 1 aromatic carbocycles. The molecular formula is C26H34IN3O7S. The Morgan fingerprint density at radius 1 is 1.08 bits per heavy atom. The molecule has 0 saturated heterocycles. The van der Waals surface area contributed by atoms with Crippen LogP contribution in [0.15, 0.2) is 36.5 Å². The van der Waals surface area contributed by atoms with Crippen molar-refractivity contribution in [3.63, 3.8) is 0 Å². The summed E-state index contributed by atoms with van der Waals surface area (Å²) in [7, 11) is 2.81. The maximum absolute atomic E-state index is 13.3. The number of nitrogens with one attached hydrogen (secondary N) is 2. The van der Waals surface area contributed by atoms with Crippen LogP contribution in [0.25, 0.3) is 0 Å². The van der Waals surface area contributed by atoms with E-state index < -0.39 is 47.0 Å². The molecule has 0 aliphatic carbocycles. The van der Waals surface area contributed by atoms with Gasteiger partial charge in [-0.25, -0.2) is 4.98 Å². The Kier molecular flexibility index (Phi) is 12.9. The molecule has 0 aliphatic rings. The van der Waals surface area contributed by atoms with E-state index in [9.17, 15) is 24.3 Å². The fraction of sp³-hybridized carbons (Fsp3) is 0.500. The Bertz CT molecular complexity index is 1090. The van der Waals surface area contributed by atoms with Crippen molar-refractivity contribution in [1.82, 2.24) is 15.6 Å². The van der Waals surface area contributed by atoms with E-state index in [1.54, 1.807) is 6.92 Å². The number of rotatable bonds is 16. The predicted octanol–water partition coefficient (Wildman–Crippen LogP) is 1.90. The summed E-state index contributed by atoms with van der Waals surface area (Å²) >= 11 is 3.11. The van der Waals surface area contributed by atoms with Gasteiger partial charge in [-0.15, -0.1) is 11.3 Å². The number of aryl methyl sites for hydroxylation is 1. The minimum absolute atomic E-state index is 0.0860. The second-order valence-electron chi connectivity index (χ2n) is 9.07. The second-order valence-corrected chi connectivity index (χ2v) is 11.1. The van der Waals surface area contributed by atoms with Crippen molar-refractivity contribution in [3.05, 3.63) is 52.0 Å². The number of nitrogens with zero attached hydrogens (tertiary/aromatic N) is 1. The Morgan fingerprint density at radius 2 is 1.74 bits per heavy atom. The number of benzene rings is 1. The molecule has 10 nitrogen and oxygen atoms in total. The van der Waals surface area contributed by atoms with Crippen LogP contribution in [-0.4, -0.2) is 83.0 Å². The molecular weight excluding hydrogens is 625 g/mol. The number of hydrogen-bond donors (Lipinski definition) is 3. The Balaban J connectivity index is 2.18. The summed E-state index contributed by atoms with van der Waals surface area (Å²) in [6, 6.07) is 7.11. The van der Waals surface area contributed by atoms with Crippen LogP contribution in [0.5, 0.6) is 0 Å². The van der Waals surface area contributed by atoms with Crippen LogP contribution in [0.1, 0.15) is 33.6 Å². The monoisotopic (exact) mass is 659 g/mol. The average molecular weight is 660 g/mol. The van der Waals surface area contributed by atoms with Crippen LogP contribution in [0.3, 0.4) is 0 Å². The summed E-state index contributed by atoms with van der Waals surface area (Å²) in [5.74, 6) is -2.93. The molecule has 2 rings (SSSR count). The standard InChI is InChI=1S/C26H34IN3O7S/c1-16-28-12-22(38-16)25(34)30-20(14-37-4)21(31)11-18(13-36-3)24(33)29-19(23(32)26(2,35)15-27)10-17-8-6-5-7-9-17/h5-9,12,18-20,35H,10-11,13-15H2,1-4H3,(H,29,33)(H,30,34)/t18-,19-,20-,26+/m0/s1. The van der Waals surface area contributed by atoms with Gasteiger partial charge < -0.3 is 25.2 Å². The predicted molar refractivity (Wildman–Crippen MR) is 152 cm³/mol. The van der Waals surface area contributed by atoms with E-state index in [1.807, 2.05) is 52.9 Å². The Morgan fingerprint density at radius 3 is 2.29 bits per heavy atom. The topological polar surface area (TPSA) is 144 Å². The number of ether oxygens (including phenoxy) is 2. The fourth-order valence-electron chi connectivity index (χ4n) is 3.68. The van der Waals surface area contributed by atoms with E-state index in [-0.39, 0.29) is 30.5 Å². The van der Waals surface area contributed by atoms with Crippen molar-refractivity contribution < 1.29 is 33.8 Å². The van der Waals surface area contributed by atoms with Crippen LogP contribution in [0, 0.1) is 12.8 Å². The number of ketones is 2. The molecule has 0 aliphatic heterocycles. The molecule has 0 fully saturated rings. The van der Waals surface area contributed by atoms with Crippen molar-refractivity contribution in [2.45, 2.75) is 44.4 Å². The van der Waals surface area contributed by atoms with Gasteiger partial charge in [-0.05, 0) is 25.8 Å². The van der Waals surface area contributed by atoms with Gasteiger partial charge in [-0.1, -0.05) is 52.9 Å². The minimum atomic E-state index is -1.65. The number of carbonyl (C=O) groups is 4. The number of hydrogen-bond acceptors (Lipinski definition) is 9. The molecule has 0 spiro atoms. The average Bonchev–Trinajstić information content (AvgIpc) is 3.34. The van der Waals surface area contributed by atoms with E-state index in [4.69, 9.17) is 9.47 Å². The highest BCUT2D eigenvalue weighted by molar-refractivity contribution is 14.1. The Labute approximate surface area is 240 Å². The quantitative estimate of drug-likeness (QED) is 0.183. The van der Waals surface area contributed by atoms with Crippen LogP contribution < -0.4 is 10.6 Å². The Hall–Kier alpha value is -2.26. The van der Waals surface area contributed by atoms with E-state index >= 15 is 0 Å². The summed E-state index contributed by atoms with van der Waals surface area (Å²) in [6.45, 7) is 3.00. The molecule has 2 amide bonds. The van der Waals surface area contributed by atoms with Gasteiger partial charge in [0.15, 0.2) is 11.6 Å². The molecule has 0 unspecified atom stereocenters. The molecule has 3 N–H and O–H groups in total. The van der Waals surface area contributed by atoms with E-state index in [1.165, 1.54) is 38.7 Å². The molecule has 208 valence electrons. The number of aliphatic hydroxyl groups is 1. The molecule has 0 bridgehead atoms. The largest absolute Gasteiger partial charge is 0.384 e. The minimum Gasteiger partial charge on any atom is -0.384 e. The highest BCUT2D eigenvalue weighted by Gasteiger charge is 2.37. The normalized spacial score (nSPS) is 15.1. The first-order valence-electron chi connectivity index (χ1n) is 11.9. The third kappa shape index (κ3) is 9.49. The number of carbonyl (C=O) groups excluding carboxylic acids is 4. The van der Waals surface area contributed by atoms with Gasteiger partial charge in [0, 0.05) is 25.1 Å². The lowest BCUT2D eigenvalue weighted by molar-refractivity contribution is -0.140. The molecule has 38 heavy (non-hydrogen) atoms. The zero-order valence-corrected chi connectivity index (χ0v) is 24.8. The fourth-order valence-corrected chi connectivity index (χ4v) is 4.74. The summed E-state index contributed by atoms with van der Waals surface area (Å²) < 4.78 is 10.5. The zero-order valence-electron chi connectivity index (χ0n) is 21.9. The zero-order chi connectivity index (χ0) is 28.3. The SMILES string of the molecule is COC[C@H](CC(=O)[C@H](COC)NC(=O)c1cnc(C)s1)C(=O)N[C@@H](Cc1ccccc1)C(=O)[C@](C)(O)CI. The van der Waals surface area contributed by atoms with Crippen LogP contribution in [-0.2, 0) is 30.3 Å². The highest BCUT2D eigenvalue weighted by Crippen LogP contribution is 2.17. The lowest BCUT2D eigenvalue weighted by Gasteiger charge is -2.28. The molecule has 0 saturated carbocycles. The third-order valence-electron chi connectivity index (χ3n) is 5.77. The van der Waals surface area contributed by atoms with Gasteiger partial charge in [-0.3, -0.25) is 19.2 Å². The smallest absolute Gasteiger partial charge is 0.263 e. The summed E-state index contributed by atoms with van der Waals surface area (Å²) in [5.41, 5.74) is -0.848.